The second-order valence-corrected chi connectivity index (χ2v) is 7.13. The molecule has 2 aromatic rings. The van der Waals surface area contributed by atoms with Crippen LogP contribution in [0.1, 0.15) is 41.3 Å². The first-order valence-electron chi connectivity index (χ1n) is 9.59. The number of nitrogens with zero attached hydrogens (tertiary/aromatic N) is 1. The number of benzene rings is 2. The van der Waals surface area contributed by atoms with Gasteiger partial charge in [-0.15, -0.1) is 0 Å². The average molecular weight is 378 g/mol. The Balaban J connectivity index is 1.55. The van der Waals surface area contributed by atoms with E-state index in [0.717, 1.165) is 5.56 Å². The fraction of sp³-hybridized carbons (Fsp3) is 0.304. The van der Waals surface area contributed by atoms with Crippen molar-refractivity contribution in [3.05, 3.63) is 71.3 Å². The second-order valence-electron chi connectivity index (χ2n) is 7.13. The minimum atomic E-state index is -0.208. The van der Waals surface area contributed by atoms with Crippen LogP contribution >= 0.6 is 0 Å². The molecule has 1 aliphatic rings. The zero-order valence-electron chi connectivity index (χ0n) is 16.4. The molecule has 1 saturated heterocycles. The molecule has 1 N–H and O–H groups in total. The Morgan fingerprint density at radius 2 is 1.64 bits per heavy atom. The Kier molecular flexibility index (Phi) is 6.61. The van der Waals surface area contributed by atoms with Crippen LogP contribution in [0.4, 0.5) is 5.69 Å². The van der Waals surface area contributed by atoms with Crippen LogP contribution in [0, 0.1) is 0 Å². The number of nitrogens with one attached hydrogen (secondary N) is 1. The summed E-state index contributed by atoms with van der Waals surface area (Å²) in [6.45, 7) is 6.68. The van der Waals surface area contributed by atoms with Crippen LogP contribution in [-0.4, -0.2) is 43.0 Å². The molecule has 0 atom stereocenters. The monoisotopic (exact) mass is 378 g/mol. The summed E-state index contributed by atoms with van der Waals surface area (Å²) in [5.41, 5.74) is 3.52. The van der Waals surface area contributed by atoms with Crippen LogP contribution < -0.4 is 5.32 Å². The van der Waals surface area contributed by atoms with E-state index in [-0.39, 0.29) is 11.8 Å². The van der Waals surface area contributed by atoms with Crippen LogP contribution in [0.5, 0.6) is 0 Å². The fourth-order valence-electron chi connectivity index (χ4n) is 2.99. The molecule has 0 spiro atoms. The van der Waals surface area contributed by atoms with Gasteiger partial charge in [-0.05, 0) is 47.4 Å². The van der Waals surface area contributed by atoms with Crippen LogP contribution in [-0.2, 0) is 9.53 Å². The lowest BCUT2D eigenvalue weighted by molar-refractivity contribution is -0.111. The highest BCUT2D eigenvalue weighted by Gasteiger charge is 2.18. The van der Waals surface area contributed by atoms with E-state index in [1.54, 1.807) is 35.2 Å². The van der Waals surface area contributed by atoms with Crippen molar-refractivity contribution in [2.45, 2.75) is 19.8 Å². The summed E-state index contributed by atoms with van der Waals surface area (Å²) >= 11 is 0. The molecule has 146 valence electrons. The van der Waals surface area contributed by atoms with Gasteiger partial charge >= 0.3 is 0 Å². The average Bonchev–Trinajstić information content (AvgIpc) is 2.73. The Morgan fingerprint density at radius 3 is 2.25 bits per heavy atom. The van der Waals surface area contributed by atoms with Gasteiger partial charge in [-0.2, -0.15) is 0 Å². The topological polar surface area (TPSA) is 58.6 Å². The van der Waals surface area contributed by atoms with Crippen molar-refractivity contribution in [1.29, 1.82) is 0 Å². The number of carbonyl (C=O) groups excluding carboxylic acids is 2. The molecule has 28 heavy (non-hydrogen) atoms. The maximum absolute atomic E-state index is 12.4. The Hall–Kier alpha value is -2.92. The number of rotatable bonds is 5. The lowest BCUT2D eigenvalue weighted by atomic mass is 10.0. The standard InChI is InChI=1S/C23H26N2O3/c1-17(2)19-6-3-18(4-7-19)5-12-22(26)24-21-10-8-20(9-11-21)23(27)25-13-15-28-16-14-25/h3-12,17H,13-16H2,1-2H3,(H,24,26)/b12-5+. The molecule has 3 rings (SSSR count). The summed E-state index contributed by atoms with van der Waals surface area (Å²) in [6.07, 6.45) is 3.30. The molecule has 0 saturated carbocycles. The van der Waals surface area contributed by atoms with Gasteiger partial charge in [0.2, 0.25) is 5.91 Å². The third kappa shape index (κ3) is 5.30. The molecule has 5 nitrogen and oxygen atoms in total. The lowest BCUT2D eigenvalue weighted by Crippen LogP contribution is -2.40. The van der Waals surface area contributed by atoms with E-state index >= 15 is 0 Å². The van der Waals surface area contributed by atoms with E-state index < -0.39 is 0 Å². The Bertz CT molecular complexity index is 833. The predicted octanol–water partition coefficient (Wildman–Crippen LogP) is 3.93. The maximum atomic E-state index is 12.4. The number of carbonyl (C=O) groups is 2. The molecular weight excluding hydrogens is 352 g/mol. The summed E-state index contributed by atoms with van der Waals surface area (Å²) in [5, 5.41) is 2.82. The first-order chi connectivity index (χ1) is 13.5. The molecule has 2 amide bonds. The number of hydrogen-bond donors (Lipinski definition) is 1. The molecule has 1 aliphatic heterocycles. The summed E-state index contributed by atoms with van der Waals surface area (Å²) in [7, 11) is 0. The summed E-state index contributed by atoms with van der Waals surface area (Å²) in [5.74, 6) is 0.269. The third-order valence-electron chi connectivity index (χ3n) is 4.73. The minimum absolute atomic E-state index is 0.00841. The first-order valence-corrected chi connectivity index (χ1v) is 9.59. The van der Waals surface area contributed by atoms with Gasteiger partial charge in [-0.1, -0.05) is 38.1 Å². The van der Waals surface area contributed by atoms with Crippen molar-refractivity contribution in [2.24, 2.45) is 0 Å². The normalized spacial score (nSPS) is 14.5. The van der Waals surface area contributed by atoms with Gasteiger partial charge in [0.15, 0.2) is 0 Å². The van der Waals surface area contributed by atoms with Crippen molar-refractivity contribution >= 4 is 23.6 Å². The van der Waals surface area contributed by atoms with Crippen LogP contribution in [0.25, 0.3) is 6.08 Å². The van der Waals surface area contributed by atoms with Gasteiger partial charge in [0.1, 0.15) is 0 Å². The SMILES string of the molecule is CC(C)c1ccc(/C=C/C(=O)Nc2ccc(C(=O)N3CCOCC3)cc2)cc1. The van der Waals surface area contributed by atoms with Gasteiger partial charge < -0.3 is 15.0 Å². The second kappa shape index (κ2) is 9.33. The van der Waals surface area contributed by atoms with Crippen LogP contribution in [0.15, 0.2) is 54.6 Å². The van der Waals surface area contributed by atoms with Gasteiger partial charge in [0, 0.05) is 30.4 Å². The van der Waals surface area contributed by atoms with Crippen molar-refractivity contribution in [1.82, 2.24) is 4.90 Å². The molecular formula is C23H26N2O3. The number of amides is 2. The van der Waals surface area contributed by atoms with E-state index in [1.165, 1.54) is 11.6 Å². The van der Waals surface area contributed by atoms with Gasteiger partial charge in [-0.25, -0.2) is 0 Å². The maximum Gasteiger partial charge on any atom is 0.254 e. The van der Waals surface area contributed by atoms with Crippen LogP contribution in [0.2, 0.25) is 0 Å². The number of anilines is 1. The Labute approximate surface area is 166 Å². The van der Waals surface area contributed by atoms with E-state index in [4.69, 9.17) is 4.74 Å². The third-order valence-corrected chi connectivity index (χ3v) is 4.73. The molecule has 1 heterocycles. The van der Waals surface area contributed by atoms with Crippen LogP contribution in [0.3, 0.4) is 0 Å². The molecule has 5 heteroatoms. The lowest BCUT2D eigenvalue weighted by Gasteiger charge is -2.26. The zero-order valence-corrected chi connectivity index (χ0v) is 16.4. The first kappa shape index (κ1) is 19.8. The molecule has 0 aliphatic carbocycles. The largest absolute Gasteiger partial charge is 0.378 e. The minimum Gasteiger partial charge on any atom is -0.378 e. The van der Waals surface area contributed by atoms with E-state index in [0.29, 0.717) is 43.5 Å². The van der Waals surface area contributed by atoms with Gasteiger partial charge in [0.25, 0.3) is 5.91 Å². The number of hydrogen-bond acceptors (Lipinski definition) is 3. The van der Waals surface area contributed by atoms with Crippen molar-refractivity contribution in [2.75, 3.05) is 31.6 Å². The predicted molar refractivity (Wildman–Crippen MR) is 111 cm³/mol. The zero-order chi connectivity index (χ0) is 19.9. The Morgan fingerprint density at radius 1 is 1.00 bits per heavy atom. The van der Waals surface area contributed by atoms with Crippen molar-refractivity contribution in [3.8, 4) is 0 Å². The van der Waals surface area contributed by atoms with Gasteiger partial charge in [-0.3, -0.25) is 9.59 Å². The van der Waals surface area contributed by atoms with Crippen molar-refractivity contribution < 1.29 is 14.3 Å². The number of morpholine rings is 1. The smallest absolute Gasteiger partial charge is 0.254 e. The molecule has 0 aromatic heterocycles. The fourth-order valence-corrected chi connectivity index (χ4v) is 2.99. The summed E-state index contributed by atoms with van der Waals surface area (Å²) in [4.78, 5) is 26.4. The number of ether oxygens (including phenoxy) is 1. The molecule has 0 bridgehead atoms. The molecule has 0 radical (unpaired) electrons. The van der Waals surface area contributed by atoms with E-state index in [1.807, 2.05) is 12.1 Å². The highest BCUT2D eigenvalue weighted by atomic mass is 16.5. The van der Waals surface area contributed by atoms with Crippen molar-refractivity contribution in [3.63, 3.8) is 0 Å². The highest BCUT2D eigenvalue weighted by Crippen LogP contribution is 2.16. The molecule has 0 unspecified atom stereocenters. The van der Waals surface area contributed by atoms with E-state index in [2.05, 4.69) is 31.3 Å². The summed E-state index contributed by atoms with van der Waals surface area (Å²) in [6, 6.07) is 15.1. The van der Waals surface area contributed by atoms with Gasteiger partial charge in [0.05, 0.1) is 13.2 Å². The van der Waals surface area contributed by atoms with E-state index in [9.17, 15) is 9.59 Å². The highest BCUT2D eigenvalue weighted by molar-refractivity contribution is 6.02. The summed E-state index contributed by atoms with van der Waals surface area (Å²) < 4.78 is 5.27. The molecule has 2 aromatic carbocycles. The quantitative estimate of drug-likeness (QED) is 0.802. The molecule has 1 fully saturated rings.